The van der Waals surface area contributed by atoms with Crippen molar-refractivity contribution in [3.8, 4) is 0 Å². The van der Waals surface area contributed by atoms with E-state index < -0.39 is 11.7 Å². The van der Waals surface area contributed by atoms with Gasteiger partial charge in [-0.15, -0.1) is 0 Å². The number of carbonyl (C=O) groups is 1. The Labute approximate surface area is 90.6 Å². The molecule has 0 aliphatic rings. The Hall–Kier alpha value is -2.30. The quantitative estimate of drug-likeness (QED) is 0.744. The maximum Gasteiger partial charge on any atom is 0.411 e. The Morgan fingerprint density at radius 1 is 1.31 bits per heavy atom. The summed E-state index contributed by atoms with van der Waals surface area (Å²) in [6, 6.07) is 8.00. The molecular weight excluding hydrogens is 210 g/mol. The number of methoxy groups -OCH3 is 1. The maximum atomic E-state index is 11.0. The highest BCUT2D eigenvalue weighted by molar-refractivity contribution is 5.88. The van der Waals surface area contributed by atoms with Crippen LogP contribution in [0.2, 0.25) is 0 Å². The Morgan fingerprint density at radius 3 is 2.81 bits per heavy atom. The number of carbonyl (C=O) groups excluding carboxylic acids is 1. The molecule has 0 saturated heterocycles. The topological polar surface area (TPSA) is 68.5 Å². The third-order valence-corrected chi connectivity index (χ3v) is 2.05. The molecule has 1 aromatic heterocycles. The van der Waals surface area contributed by atoms with Gasteiger partial charge >= 0.3 is 11.7 Å². The molecule has 0 spiro atoms. The highest BCUT2D eigenvalue weighted by atomic mass is 16.5. The van der Waals surface area contributed by atoms with Crippen molar-refractivity contribution >= 4 is 22.7 Å². The summed E-state index contributed by atoms with van der Waals surface area (Å²) in [5.41, 5.74) is 0.498. The van der Waals surface area contributed by atoms with E-state index in [0.29, 0.717) is 11.3 Å². The molecule has 0 radical (unpaired) electrons. The molecule has 5 heteroatoms. The van der Waals surface area contributed by atoms with Crippen molar-refractivity contribution in [2.45, 2.75) is 0 Å². The first-order chi connectivity index (χ1) is 7.69. The molecule has 82 valence electrons. The second-order valence-corrected chi connectivity index (χ2v) is 3.12. The standard InChI is InChI=1S/C11H9NO4/c1-15-11(14)12-8-4-2-7-3-5-10(13)16-9(7)6-8/h2-6H,1H3,(H,12,14). The molecule has 0 fully saturated rings. The van der Waals surface area contributed by atoms with Gasteiger partial charge in [-0.05, 0) is 18.2 Å². The SMILES string of the molecule is COC(=O)Nc1ccc2ccc(=O)oc2c1. The maximum absolute atomic E-state index is 11.0. The third-order valence-electron chi connectivity index (χ3n) is 2.05. The van der Waals surface area contributed by atoms with Crippen LogP contribution in [-0.2, 0) is 4.74 Å². The number of anilines is 1. The number of fused-ring (bicyclic) bond motifs is 1. The van der Waals surface area contributed by atoms with Gasteiger partial charge in [0, 0.05) is 23.2 Å². The van der Waals surface area contributed by atoms with Gasteiger partial charge in [-0.3, -0.25) is 5.32 Å². The molecule has 0 bridgehead atoms. The van der Waals surface area contributed by atoms with Crippen molar-refractivity contribution in [2.75, 3.05) is 12.4 Å². The van der Waals surface area contributed by atoms with Crippen molar-refractivity contribution in [3.63, 3.8) is 0 Å². The monoisotopic (exact) mass is 219 g/mol. The predicted molar refractivity (Wildman–Crippen MR) is 58.5 cm³/mol. The smallest absolute Gasteiger partial charge is 0.411 e. The van der Waals surface area contributed by atoms with Crippen LogP contribution in [0.1, 0.15) is 0 Å². The van der Waals surface area contributed by atoms with Crippen LogP contribution in [0.15, 0.2) is 39.5 Å². The summed E-state index contributed by atoms with van der Waals surface area (Å²) in [5.74, 6) is 0. The van der Waals surface area contributed by atoms with Crippen LogP contribution in [-0.4, -0.2) is 13.2 Å². The molecule has 0 saturated carbocycles. The zero-order chi connectivity index (χ0) is 11.5. The van der Waals surface area contributed by atoms with Gasteiger partial charge in [-0.2, -0.15) is 0 Å². The molecule has 0 aliphatic carbocycles. The van der Waals surface area contributed by atoms with Gasteiger partial charge in [-0.25, -0.2) is 9.59 Å². The molecule has 16 heavy (non-hydrogen) atoms. The lowest BCUT2D eigenvalue weighted by molar-refractivity contribution is 0.187. The van der Waals surface area contributed by atoms with Crippen LogP contribution in [0, 0.1) is 0 Å². The van der Waals surface area contributed by atoms with Crippen LogP contribution in [0.3, 0.4) is 0 Å². The number of nitrogens with one attached hydrogen (secondary N) is 1. The molecular formula is C11H9NO4. The highest BCUT2D eigenvalue weighted by Gasteiger charge is 2.03. The molecule has 0 unspecified atom stereocenters. The van der Waals surface area contributed by atoms with Crippen molar-refractivity contribution < 1.29 is 13.9 Å². The Bertz CT molecular complexity index is 588. The summed E-state index contributed by atoms with van der Waals surface area (Å²) in [7, 11) is 1.27. The van der Waals surface area contributed by atoms with E-state index in [2.05, 4.69) is 10.1 Å². The van der Waals surface area contributed by atoms with E-state index in [1.54, 1.807) is 24.3 Å². The third kappa shape index (κ3) is 2.03. The van der Waals surface area contributed by atoms with Gasteiger partial charge < -0.3 is 9.15 Å². The largest absolute Gasteiger partial charge is 0.453 e. The van der Waals surface area contributed by atoms with Gasteiger partial charge in [-0.1, -0.05) is 0 Å². The average Bonchev–Trinajstić information content (AvgIpc) is 2.28. The Kier molecular flexibility index (Phi) is 2.59. The second kappa shape index (κ2) is 4.06. The Morgan fingerprint density at radius 2 is 2.06 bits per heavy atom. The number of ether oxygens (including phenoxy) is 1. The molecule has 2 rings (SSSR count). The van der Waals surface area contributed by atoms with Gasteiger partial charge in [0.2, 0.25) is 0 Å². The zero-order valence-corrected chi connectivity index (χ0v) is 8.52. The summed E-state index contributed by atoms with van der Waals surface area (Å²) >= 11 is 0. The van der Waals surface area contributed by atoms with Crippen molar-refractivity contribution in [1.82, 2.24) is 0 Å². The molecule has 0 aliphatic heterocycles. The first-order valence-corrected chi connectivity index (χ1v) is 4.58. The molecule has 1 heterocycles. The predicted octanol–water partition coefficient (Wildman–Crippen LogP) is 1.97. The number of rotatable bonds is 1. The van der Waals surface area contributed by atoms with E-state index in [9.17, 15) is 9.59 Å². The fourth-order valence-electron chi connectivity index (χ4n) is 1.31. The molecule has 2 aromatic rings. The van der Waals surface area contributed by atoms with Crippen LogP contribution in [0.4, 0.5) is 10.5 Å². The van der Waals surface area contributed by atoms with Gasteiger partial charge in [0.25, 0.3) is 0 Å². The molecule has 1 amide bonds. The van der Waals surface area contributed by atoms with Crippen LogP contribution < -0.4 is 10.9 Å². The minimum absolute atomic E-state index is 0.418. The second-order valence-electron chi connectivity index (χ2n) is 3.12. The van der Waals surface area contributed by atoms with E-state index in [1.165, 1.54) is 13.2 Å². The minimum Gasteiger partial charge on any atom is -0.453 e. The number of amides is 1. The van der Waals surface area contributed by atoms with Gasteiger partial charge in [0.15, 0.2) is 0 Å². The fourth-order valence-corrected chi connectivity index (χ4v) is 1.31. The van der Waals surface area contributed by atoms with Crippen molar-refractivity contribution in [1.29, 1.82) is 0 Å². The summed E-state index contributed by atoms with van der Waals surface area (Å²) in [6.45, 7) is 0. The molecule has 5 nitrogen and oxygen atoms in total. The van der Waals surface area contributed by atoms with Crippen LogP contribution >= 0.6 is 0 Å². The minimum atomic E-state index is -0.572. The first-order valence-electron chi connectivity index (χ1n) is 4.58. The van der Waals surface area contributed by atoms with Crippen molar-refractivity contribution in [2.24, 2.45) is 0 Å². The van der Waals surface area contributed by atoms with Crippen LogP contribution in [0.5, 0.6) is 0 Å². The van der Waals surface area contributed by atoms with E-state index in [0.717, 1.165) is 5.39 Å². The first kappa shape index (κ1) is 10.2. The fraction of sp³-hybridized carbons (Fsp3) is 0.0909. The zero-order valence-electron chi connectivity index (χ0n) is 8.52. The number of benzene rings is 1. The summed E-state index contributed by atoms with van der Waals surface area (Å²) < 4.78 is 9.42. The highest BCUT2D eigenvalue weighted by Crippen LogP contribution is 2.17. The molecule has 0 atom stereocenters. The normalized spacial score (nSPS) is 10.1. The Balaban J connectivity index is 2.42. The number of hydrogen-bond donors (Lipinski definition) is 1. The summed E-state index contributed by atoms with van der Waals surface area (Å²) in [6.07, 6.45) is -0.572. The van der Waals surface area contributed by atoms with E-state index in [1.807, 2.05) is 0 Å². The molecule has 1 N–H and O–H groups in total. The summed E-state index contributed by atoms with van der Waals surface area (Å²) in [4.78, 5) is 22.0. The molecule has 1 aromatic carbocycles. The average molecular weight is 219 g/mol. The summed E-state index contributed by atoms with van der Waals surface area (Å²) in [5, 5.41) is 3.27. The van der Waals surface area contributed by atoms with Crippen molar-refractivity contribution in [3.05, 3.63) is 40.8 Å². The van der Waals surface area contributed by atoms with Crippen LogP contribution in [0.25, 0.3) is 11.0 Å². The van der Waals surface area contributed by atoms with Gasteiger partial charge in [0.1, 0.15) is 5.58 Å². The lowest BCUT2D eigenvalue weighted by atomic mass is 10.2. The lowest BCUT2D eigenvalue weighted by Gasteiger charge is -2.03. The van der Waals surface area contributed by atoms with E-state index in [-0.39, 0.29) is 0 Å². The van der Waals surface area contributed by atoms with E-state index >= 15 is 0 Å². The number of hydrogen-bond acceptors (Lipinski definition) is 4. The van der Waals surface area contributed by atoms with Gasteiger partial charge in [0.05, 0.1) is 7.11 Å². The van der Waals surface area contributed by atoms with E-state index in [4.69, 9.17) is 4.42 Å². The lowest BCUT2D eigenvalue weighted by Crippen LogP contribution is -2.10.